The Morgan fingerprint density at radius 1 is 0.655 bits per heavy atom. The summed E-state index contributed by atoms with van der Waals surface area (Å²) >= 11 is 0. The highest BCUT2D eigenvalue weighted by atomic mass is 31.3. The lowest BCUT2D eigenvalue weighted by molar-refractivity contribution is 0.190. The van der Waals surface area contributed by atoms with Gasteiger partial charge in [0.15, 0.2) is 0 Å². The Hall–Kier alpha value is -0.900. The second kappa shape index (κ2) is 6.80. The molecule has 0 aromatic carbocycles. The van der Waals surface area contributed by atoms with Gasteiger partial charge in [-0.15, -0.1) is 0 Å². The Morgan fingerprint density at radius 2 is 0.931 bits per heavy atom. The highest BCUT2D eigenvalue weighted by Gasteiger charge is 2.58. The van der Waals surface area contributed by atoms with Gasteiger partial charge in [-0.1, -0.05) is 41.5 Å². The van der Waals surface area contributed by atoms with E-state index in [2.05, 4.69) is 0 Å². The molecule has 0 spiro atoms. The van der Waals surface area contributed by atoms with Crippen LogP contribution in [0.3, 0.4) is 0 Å². The molecule has 29 heavy (non-hydrogen) atoms. The number of hydrogen-bond acceptors (Lipinski definition) is 5. The van der Waals surface area contributed by atoms with E-state index in [1.54, 1.807) is 21.7 Å². The molecule has 2 rings (SSSR count). The maximum atomic E-state index is 14.0. The van der Waals surface area contributed by atoms with Gasteiger partial charge in [0.2, 0.25) is 0 Å². The smallest absolute Gasteiger partial charge is 0.411 e. The summed E-state index contributed by atoms with van der Waals surface area (Å²) in [6.45, 7) is 23.2. The quantitative estimate of drug-likeness (QED) is 0.412. The fourth-order valence-corrected chi connectivity index (χ4v) is 7.99. The van der Waals surface area contributed by atoms with E-state index < -0.39 is 26.6 Å². The first-order valence-corrected chi connectivity index (χ1v) is 12.9. The SMILES string of the molecule is CC(C)(C)C1=CN(C(C)(C)C)[P@](=O)(O[P@@]2(=O)OC(C(C)(C)C)=CN2C(C)(C)C)O1. The van der Waals surface area contributed by atoms with Crippen LogP contribution in [0.5, 0.6) is 0 Å². The molecule has 2 heterocycles. The molecule has 0 bridgehead atoms. The summed E-state index contributed by atoms with van der Waals surface area (Å²) in [6, 6.07) is 0. The van der Waals surface area contributed by atoms with Crippen molar-refractivity contribution in [2.75, 3.05) is 0 Å². The Morgan fingerprint density at radius 3 is 1.14 bits per heavy atom. The zero-order chi connectivity index (χ0) is 22.8. The van der Waals surface area contributed by atoms with Crippen molar-refractivity contribution in [1.82, 2.24) is 9.34 Å². The third-order valence-corrected chi connectivity index (χ3v) is 9.49. The largest absolute Gasteiger partial charge is 0.498 e. The van der Waals surface area contributed by atoms with E-state index in [4.69, 9.17) is 13.4 Å². The van der Waals surface area contributed by atoms with Crippen LogP contribution < -0.4 is 0 Å². The molecule has 0 aliphatic carbocycles. The molecule has 0 aromatic heterocycles. The highest BCUT2D eigenvalue weighted by Crippen LogP contribution is 2.76. The lowest BCUT2D eigenvalue weighted by Gasteiger charge is -2.38. The standard InChI is InChI=1S/C20H38N2O5P2/c1-17(2,3)15-13-21(19(7,8)9)28(23,25-15)27-29(24)22(20(10,11)12)14-16(26-29)18(4,5)6/h13-14H,1-12H3/t28-,29+. The molecule has 0 saturated carbocycles. The Bertz CT molecular complexity index is 752. The van der Waals surface area contributed by atoms with Crippen LogP contribution in [-0.4, -0.2) is 20.4 Å². The monoisotopic (exact) mass is 448 g/mol. The van der Waals surface area contributed by atoms with Crippen LogP contribution in [0.4, 0.5) is 0 Å². The highest BCUT2D eigenvalue weighted by molar-refractivity contribution is 7.65. The third-order valence-electron chi connectivity index (χ3n) is 4.49. The fraction of sp³-hybridized carbons (Fsp3) is 0.800. The molecule has 2 aliphatic heterocycles. The first-order valence-electron chi connectivity index (χ1n) is 9.94. The Labute approximate surface area is 176 Å². The van der Waals surface area contributed by atoms with Gasteiger partial charge in [-0.05, 0) is 41.5 Å². The average molecular weight is 448 g/mol. The maximum Gasteiger partial charge on any atom is 0.498 e. The molecular formula is C20H38N2O5P2. The molecule has 0 fully saturated rings. The molecule has 0 unspecified atom stereocenters. The van der Waals surface area contributed by atoms with Gasteiger partial charge < -0.3 is 9.05 Å². The van der Waals surface area contributed by atoms with Crippen molar-refractivity contribution in [3.63, 3.8) is 0 Å². The van der Waals surface area contributed by atoms with Crippen LogP contribution in [0.25, 0.3) is 0 Å². The van der Waals surface area contributed by atoms with Crippen LogP contribution in [0, 0.1) is 10.8 Å². The van der Waals surface area contributed by atoms with Gasteiger partial charge in [0, 0.05) is 21.9 Å². The first-order chi connectivity index (χ1) is 12.6. The Kier molecular flexibility index (Phi) is 5.72. The predicted octanol–water partition coefficient (Wildman–Crippen LogP) is 7.26. The van der Waals surface area contributed by atoms with Crippen LogP contribution in [0.2, 0.25) is 0 Å². The van der Waals surface area contributed by atoms with Gasteiger partial charge >= 0.3 is 15.5 Å². The van der Waals surface area contributed by atoms with Crippen molar-refractivity contribution in [2.45, 2.75) is 94.2 Å². The minimum Gasteiger partial charge on any atom is -0.411 e. The second-order valence-electron chi connectivity index (χ2n) is 11.7. The molecule has 2 aliphatic rings. The molecule has 0 aromatic rings. The van der Waals surface area contributed by atoms with Crippen molar-refractivity contribution in [2.24, 2.45) is 10.8 Å². The van der Waals surface area contributed by atoms with Crippen LogP contribution in [0.1, 0.15) is 83.1 Å². The summed E-state index contributed by atoms with van der Waals surface area (Å²) < 4.78 is 48.7. The number of hydrogen-bond donors (Lipinski definition) is 0. The van der Waals surface area contributed by atoms with Gasteiger partial charge in [-0.2, -0.15) is 4.31 Å². The van der Waals surface area contributed by atoms with Crippen molar-refractivity contribution in [3.05, 3.63) is 23.9 Å². The zero-order valence-electron chi connectivity index (χ0n) is 20.0. The van der Waals surface area contributed by atoms with E-state index in [1.807, 2.05) is 83.1 Å². The number of rotatable bonds is 2. The lowest BCUT2D eigenvalue weighted by Crippen LogP contribution is -2.36. The fourth-order valence-electron chi connectivity index (χ4n) is 2.77. The summed E-state index contributed by atoms with van der Waals surface area (Å²) in [7, 11) is -7.95. The molecule has 2 atom stereocenters. The van der Waals surface area contributed by atoms with Crippen LogP contribution in [0.15, 0.2) is 23.9 Å². The van der Waals surface area contributed by atoms with E-state index in [1.165, 1.54) is 0 Å². The van der Waals surface area contributed by atoms with Crippen molar-refractivity contribution in [3.8, 4) is 0 Å². The maximum absolute atomic E-state index is 14.0. The number of nitrogens with zero attached hydrogens (tertiary/aromatic N) is 2. The topological polar surface area (TPSA) is 68.3 Å². The zero-order valence-corrected chi connectivity index (χ0v) is 21.8. The van der Waals surface area contributed by atoms with Crippen LogP contribution in [-0.2, 0) is 22.5 Å². The minimum absolute atomic E-state index is 0.386. The minimum atomic E-state index is -3.98. The molecule has 0 radical (unpaired) electrons. The van der Waals surface area contributed by atoms with E-state index in [-0.39, 0.29) is 10.8 Å². The van der Waals surface area contributed by atoms with Crippen molar-refractivity contribution in [1.29, 1.82) is 0 Å². The van der Waals surface area contributed by atoms with Gasteiger partial charge in [0.25, 0.3) is 0 Å². The molecule has 0 amide bonds. The van der Waals surface area contributed by atoms with E-state index >= 15 is 0 Å². The van der Waals surface area contributed by atoms with Crippen molar-refractivity contribution >= 4 is 15.5 Å². The third kappa shape index (κ3) is 4.89. The molecule has 9 heteroatoms. The summed E-state index contributed by atoms with van der Waals surface area (Å²) in [5, 5.41) is 0. The van der Waals surface area contributed by atoms with E-state index in [9.17, 15) is 9.13 Å². The molecule has 168 valence electrons. The van der Waals surface area contributed by atoms with E-state index in [0.29, 0.717) is 11.5 Å². The molecule has 0 N–H and O–H groups in total. The molecule has 7 nitrogen and oxygen atoms in total. The molecular weight excluding hydrogens is 410 g/mol. The van der Waals surface area contributed by atoms with Gasteiger partial charge in [0.1, 0.15) is 11.5 Å². The summed E-state index contributed by atoms with van der Waals surface area (Å²) in [6.07, 6.45) is 3.42. The van der Waals surface area contributed by atoms with E-state index in [0.717, 1.165) is 0 Å². The first kappa shape index (κ1) is 24.4. The molecule has 0 saturated heterocycles. The second-order valence-corrected chi connectivity index (χ2v) is 15.5. The predicted molar refractivity (Wildman–Crippen MR) is 117 cm³/mol. The Balaban J connectivity index is 2.50. The van der Waals surface area contributed by atoms with Gasteiger partial charge in [-0.25, -0.2) is 9.13 Å². The summed E-state index contributed by atoms with van der Waals surface area (Å²) in [4.78, 5) is 0. The normalized spacial score (nSPS) is 28.8. The van der Waals surface area contributed by atoms with Crippen LogP contribution >= 0.6 is 15.5 Å². The van der Waals surface area contributed by atoms with Gasteiger partial charge in [-0.3, -0.25) is 9.34 Å². The average Bonchev–Trinajstić information content (AvgIpc) is 2.94. The lowest BCUT2D eigenvalue weighted by atomic mass is 9.94. The van der Waals surface area contributed by atoms with Crippen molar-refractivity contribution < 1.29 is 22.5 Å². The van der Waals surface area contributed by atoms with Gasteiger partial charge in [0.05, 0.1) is 12.4 Å². The number of allylic oxidation sites excluding steroid dienone is 2. The summed E-state index contributed by atoms with van der Waals surface area (Å²) in [5.74, 6) is 1.04. The summed E-state index contributed by atoms with van der Waals surface area (Å²) in [5.41, 5.74) is -1.92.